The molecule has 0 unspecified atom stereocenters. The molecule has 0 aromatic carbocycles. The van der Waals surface area contributed by atoms with Crippen LogP contribution in [-0.4, -0.2) is 58.0 Å². The highest BCUT2D eigenvalue weighted by molar-refractivity contribution is 5.91. The molecule has 7 nitrogen and oxygen atoms in total. The van der Waals surface area contributed by atoms with Crippen LogP contribution >= 0.6 is 24.8 Å². The Morgan fingerprint density at radius 1 is 1.32 bits per heavy atom. The van der Waals surface area contributed by atoms with Crippen LogP contribution < -0.4 is 5.32 Å². The number of halogens is 5. The Morgan fingerprint density at radius 2 is 2.00 bits per heavy atom. The van der Waals surface area contributed by atoms with Gasteiger partial charge in [0.05, 0.1) is 11.8 Å². The second kappa shape index (κ2) is 9.54. The van der Waals surface area contributed by atoms with E-state index in [1.54, 1.807) is 14.1 Å². The smallest absolute Gasteiger partial charge is 0.339 e. The maximum absolute atomic E-state index is 12.5. The molecule has 25 heavy (non-hydrogen) atoms. The maximum Gasteiger partial charge on any atom is 0.417 e. The molecule has 1 amide bonds. The zero-order chi connectivity index (χ0) is 17.0. The monoisotopic (exact) mass is 400 g/mol. The number of carbonyl (C=O) groups excluding carboxylic acids is 1. The van der Waals surface area contributed by atoms with E-state index in [1.807, 2.05) is 0 Å². The van der Waals surface area contributed by atoms with E-state index in [0.717, 1.165) is 16.8 Å². The molecule has 1 N–H and O–H groups in total. The molecule has 12 heteroatoms. The lowest BCUT2D eigenvalue weighted by Crippen LogP contribution is -2.33. The number of hydrogen-bond donors (Lipinski definition) is 1. The lowest BCUT2D eigenvalue weighted by Gasteiger charge is -2.14. The average Bonchev–Trinajstić information content (AvgIpc) is 3.01. The molecule has 0 saturated carbocycles. The third-order valence-corrected chi connectivity index (χ3v) is 3.07. The van der Waals surface area contributed by atoms with Crippen molar-refractivity contribution < 1.29 is 18.0 Å². The number of aromatic nitrogens is 4. The number of pyridine rings is 1. The van der Waals surface area contributed by atoms with Crippen molar-refractivity contribution in [3.63, 3.8) is 0 Å². The predicted molar refractivity (Wildman–Crippen MR) is 89.5 cm³/mol. The molecule has 0 saturated heterocycles. The van der Waals surface area contributed by atoms with E-state index in [4.69, 9.17) is 0 Å². The van der Waals surface area contributed by atoms with Crippen molar-refractivity contribution in [1.82, 2.24) is 30.2 Å². The van der Waals surface area contributed by atoms with E-state index in [9.17, 15) is 18.0 Å². The minimum atomic E-state index is -4.45. The number of nitrogens with zero attached hydrogens (tertiary/aromatic N) is 5. The van der Waals surface area contributed by atoms with Gasteiger partial charge in [0.15, 0.2) is 11.5 Å². The minimum Gasteiger partial charge on any atom is -0.339 e. The van der Waals surface area contributed by atoms with Crippen LogP contribution in [-0.2, 0) is 6.18 Å². The van der Waals surface area contributed by atoms with E-state index in [-0.39, 0.29) is 42.2 Å². The van der Waals surface area contributed by atoms with Crippen LogP contribution in [0.15, 0.2) is 24.5 Å². The first-order chi connectivity index (χ1) is 10.8. The van der Waals surface area contributed by atoms with Crippen LogP contribution in [0.1, 0.15) is 16.1 Å². The standard InChI is InChI=1S/C13H15F3N6O.2ClH/c1-17-5-6-21(2)12(23)10-8-22(20-19-10)11-4-3-9(7-18-11)13(14,15)16;;/h3-4,7-8,17H,5-6H2,1-2H3;2*1H. The Hall–Kier alpha value is -1.91. The molecule has 0 bridgehead atoms. The zero-order valence-corrected chi connectivity index (χ0v) is 15.0. The molecule has 140 valence electrons. The summed E-state index contributed by atoms with van der Waals surface area (Å²) >= 11 is 0. The van der Waals surface area contributed by atoms with Gasteiger partial charge in [0, 0.05) is 26.3 Å². The fraction of sp³-hybridized carbons (Fsp3) is 0.385. The average molecular weight is 401 g/mol. The molecular formula is C13H17Cl2F3N6O. The van der Waals surface area contributed by atoms with Gasteiger partial charge in [-0.05, 0) is 19.2 Å². The van der Waals surface area contributed by atoms with Gasteiger partial charge in [0.1, 0.15) is 0 Å². The lowest BCUT2D eigenvalue weighted by atomic mass is 10.3. The SMILES string of the molecule is CNCCN(C)C(=O)c1cn(-c2ccc(C(F)(F)F)cn2)nn1.Cl.Cl. The molecule has 0 spiro atoms. The van der Waals surface area contributed by atoms with Crippen LogP contribution in [0.5, 0.6) is 0 Å². The molecule has 0 radical (unpaired) electrons. The second-order valence-electron chi connectivity index (χ2n) is 4.78. The number of carbonyl (C=O) groups is 1. The summed E-state index contributed by atoms with van der Waals surface area (Å²) in [6.07, 6.45) is -2.42. The van der Waals surface area contributed by atoms with Gasteiger partial charge < -0.3 is 10.2 Å². The number of likely N-dealkylation sites (N-methyl/N-ethyl adjacent to an activating group) is 2. The molecule has 0 fully saturated rings. The van der Waals surface area contributed by atoms with Crippen molar-refractivity contribution in [2.24, 2.45) is 0 Å². The summed E-state index contributed by atoms with van der Waals surface area (Å²) in [5.41, 5.74) is -0.769. The first-order valence-corrected chi connectivity index (χ1v) is 6.69. The summed E-state index contributed by atoms with van der Waals surface area (Å²) in [4.78, 5) is 17.2. The summed E-state index contributed by atoms with van der Waals surface area (Å²) in [5, 5.41) is 10.4. The van der Waals surface area contributed by atoms with Crippen molar-refractivity contribution >= 4 is 30.7 Å². The summed E-state index contributed by atoms with van der Waals surface area (Å²) in [6, 6.07) is 2.06. The summed E-state index contributed by atoms with van der Waals surface area (Å²) in [6.45, 7) is 1.11. The number of nitrogens with one attached hydrogen (secondary N) is 1. The maximum atomic E-state index is 12.5. The van der Waals surface area contributed by atoms with Crippen LogP contribution in [0.4, 0.5) is 13.2 Å². The van der Waals surface area contributed by atoms with Crippen molar-refractivity contribution in [1.29, 1.82) is 0 Å². The highest BCUT2D eigenvalue weighted by atomic mass is 35.5. The molecule has 0 aliphatic rings. The topological polar surface area (TPSA) is 75.9 Å². The first kappa shape index (κ1) is 23.1. The van der Waals surface area contributed by atoms with E-state index in [2.05, 4.69) is 20.6 Å². The van der Waals surface area contributed by atoms with Gasteiger partial charge in [0.2, 0.25) is 0 Å². The highest BCUT2D eigenvalue weighted by Crippen LogP contribution is 2.28. The van der Waals surface area contributed by atoms with Gasteiger partial charge in [0.25, 0.3) is 5.91 Å². The van der Waals surface area contributed by atoms with Crippen molar-refractivity contribution in [3.05, 3.63) is 35.8 Å². The van der Waals surface area contributed by atoms with Crippen molar-refractivity contribution in [2.75, 3.05) is 27.2 Å². The molecule has 0 atom stereocenters. The van der Waals surface area contributed by atoms with Gasteiger partial charge in [-0.1, -0.05) is 5.21 Å². The van der Waals surface area contributed by atoms with Gasteiger partial charge in [-0.15, -0.1) is 29.9 Å². The lowest BCUT2D eigenvalue weighted by molar-refractivity contribution is -0.137. The van der Waals surface area contributed by atoms with Crippen LogP contribution in [0.2, 0.25) is 0 Å². The Labute approximate surface area is 154 Å². The Morgan fingerprint density at radius 3 is 2.52 bits per heavy atom. The summed E-state index contributed by atoms with van der Waals surface area (Å²) in [7, 11) is 3.39. The molecule has 2 rings (SSSR count). The van der Waals surface area contributed by atoms with E-state index in [0.29, 0.717) is 19.3 Å². The number of rotatable bonds is 5. The van der Waals surface area contributed by atoms with E-state index in [1.165, 1.54) is 11.1 Å². The second-order valence-corrected chi connectivity index (χ2v) is 4.78. The predicted octanol–water partition coefficient (Wildman–Crippen LogP) is 1.82. The quantitative estimate of drug-likeness (QED) is 0.828. The largest absolute Gasteiger partial charge is 0.417 e. The third kappa shape index (κ3) is 5.83. The van der Waals surface area contributed by atoms with Gasteiger partial charge in [-0.2, -0.15) is 13.2 Å². The van der Waals surface area contributed by atoms with Crippen molar-refractivity contribution in [2.45, 2.75) is 6.18 Å². The Balaban J connectivity index is 0.00000288. The molecular weight excluding hydrogens is 384 g/mol. The van der Waals surface area contributed by atoms with E-state index >= 15 is 0 Å². The van der Waals surface area contributed by atoms with Gasteiger partial charge in [-0.3, -0.25) is 4.79 Å². The molecule has 2 aromatic rings. The van der Waals surface area contributed by atoms with Gasteiger partial charge in [-0.25, -0.2) is 9.67 Å². The molecule has 2 heterocycles. The third-order valence-electron chi connectivity index (χ3n) is 3.07. The summed E-state index contributed by atoms with van der Waals surface area (Å²) < 4.78 is 38.6. The Bertz CT molecular complexity index is 677. The van der Waals surface area contributed by atoms with Crippen LogP contribution in [0.3, 0.4) is 0 Å². The van der Waals surface area contributed by atoms with E-state index < -0.39 is 11.7 Å². The number of hydrogen-bond acceptors (Lipinski definition) is 5. The summed E-state index contributed by atoms with van der Waals surface area (Å²) in [5.74, 6) is -0.194. The van der Waals surface area contributed by atoms with Crippen molar-refractivity contribution in [3.8, 4) is 5.82 Å². The normalized spacial score (nSPS) is 10.6. The molecule has 0 aliphatic heterocycles. The fourth-order valence-corrected chi connectivity index (χ4v) is 1.74. The first-order valence-electron chi connectivity index (χ1n) is 6.69. The van der Waals surface area contributed by atoms with Gasteiger partial charge >= 0.3 is 6.18 Å². The Kier molecular flexibility index (Phi) is 8.81. The molecule has 2 aromatic heterocycles. The van der Waals surface area contributed by atoms with Crippen LogP contribution in [0.25, 0.3) is 5.82 Å². The molecule has 0 aliphatic carbocycles. The number of alkyl halides is 3. The fourth-order valence-electron chi connectivity index (χ4n) is 1.74. The minimum absolute atomic E-state index is 0. The van der Waals surface area contributed by atoms with Crippen LogP contribution in [0, 0.1) is 0 Å². The zero-order valence-electron chi connectivity index (χ0n) is 13.3. The number of amides is 1. The highest BCUT2D eigenvalue weighted by Gasteiger charge is 2.30.